The molecule has 1 amide bonds. The molecule has 0 spiro atoms. The van der Waals surface area contributed by atoms with Crippen molar-refractivity contribution in [3.05, 3.63) is 47.9 Å². The van der Waals surface area contributed by atoms with Crippen molar-refractivity contribution in [3.8, 4) is 0 Å². The number of nitrogens with zero attached hydrogens (tertiary/aromatic N) is 2. The van der Waals surface area contributed by atoms with Crippen LogP contribution in [0.25, 0.3) is 0 Å². The smallest absolute Gasteiger partial charge is 0.250 e. The lowest BCUT2D eigenvalue weighted by Gasteiger charge is -2.08. The fourth-order valence-electron chi connectivity index (χ4n) is 1.66. The minimum Gasteiger partial charge on any atom is -0.397 e. The highest BCUT2D eigenvalue weighted by Gasteiger charge is 2.07. The zero-order valence-corrected chi connectivity index (χ0v) is 10.3. The number of nitrogen functional groups attached to an aromatic ring is 1. The zero-order chi connectivity index (χ0) is 13.7. The van der Waals surface area contributed by atoms with Crippen molar-refractivity contribution in [2.75, 3.05) is 17.6 Å². The van der Waals surface area contributed by atoms with Crippen LogP contribution in [-0.2, 0) is 6.42 Å². The van der Waals surface area contributed by atoms with Crippen molar-refractivity contribution in [2.45, 2.75) is 6.42 Å². The van der Waals surface area contributed by atoms with Crippen LogP contribution in [-0.4, -0.2) is 22.4 Å². The number of aromatic nitrogens is 2. The van der Waals surface area contributed by atoms with Crippen LogP contribution in [0.4, 0.5) is 11.5 Å². The molecule has 0 saturated carbocycles. The first-order valence-electron chi connectivity index (χ1n) is 5.85. The Bertz CT molecular complexity index is 571. The second-order valence-electron chi connectivity index (χ2n) is 4.06. The van der Waals surface area contributed by atoms with Crippen LogP contribution in [0, 0.1) is 0 Å². The number of carbonyl (C=O) groups excluding carboxylic acids is 1. The molecule has 0 aromatic carbocycles. The predicted octanol–water partition coefficient (Wildman–Crippen LogP) is 0.812. The summed E-state index contributed by atoms with van der Waals surface area (Å²) in [6, 6.07) is 5.45. The third kappa shape index (κ3) is 3.41. The average Bonchev–Trinajstić information content (AvgIpc) is 2.41. The Kier molecular flexibility index (Phi) is 3.92. The van der Waals surface area contributed by atoms with E-state index in [1.807, 2.05) is 18.3 Å². The number of pyridine rings is 2. The van der Waals surface area contributed by atoms with Gasteiger partial charge in [-0.2, -0.15) is 0 Å². The molecule has 0 aliphatic rings. The molecule has 6 heteroatoms. The lowest BCUT2D eigenvalue weighted by atomic mass is 10.2. The highest BCUT2D eigenvalue weighted by Crippen LogP contribution is 2.14. The van der Waals surface area contributed by atoms with Crippen molar-refractivity contribution in [2.24, 2.45) is 5.73 Å². The maximum absolute atomic E-state index is 11.1. The van der Waals surface area contributed by atoms with E-state index in [4.69, 9.17) is 11.5 Å². The van der Waals surface area contributed by atoms with Crippen LogP contribution in [0.5, 0.6) is 0 Å². The van der Waals surface area contributed by atoms with Crippen molar-refractivity contribution in [1.29, 1.82) is 0 Å². The van der Waals surface area contributed by atoms with Gasteiger partial charge in [-0.15, -0.1) is 0 Å². The fraction of sp³-hybridized carbons (Fsp3) is 0.154. The Morgan fingerprint density at radius 3 is 2.89 bits per heavy atom. The maximum Gasteiger partial charge on any atom is 0.250 e. The lowest BCUT2D eigenvalue weighted by Crippen LogP contribution is -2.15. The van der Waals surface area contributed by atoms with E-state index >= 15 is 0 Å². The van der Waals surface area contributed by atoms with Crippen LogP contribution < -0.4 is 16.8 Å². The van der Waals surface area contributed by atoms with E-state index in [1.165, 1.54) is 6.20 Å². The number of anilines is 2. The number of hydrogen-bond donors (Lipinski definition) is 3. The molecule has 0 unspecified atom stereocenters. The molecule has 2 rings (SSSR count). The molecule has 2 aromatic heterocycles. The Morgan fingerprint density at radius 1 is 1.37 bits per heavy atom. The van der Waals surface area contributed by atoms with Crippen molar-refractivity contribution >= 4 is 17.4 Å². The SMILES string of the molecule is NC(=O)c1cc(NCCc2cccnc2)ncc1N. The number of amides is 1. The standard InChI is InChI=1S/C13H15N5O/c14-11-8-18-12(6-10(11)13(15)19)17-5-3-9-2-1-4-16-7-9/h1-2,4,6-8H,3,5,14H2,(H2,15,19)(H,17,18). The summed E-state index contributed by atoms with van der Waals surface area (Å²) >= 11 is 0. The summed E-state index contributed by atoms with van der Waals surface area (Å²) in [7, 11) is 0. The highest BCUT2D eigenvalue weighted by molar-refractivity contribution is 5.98. The number of carbonyl (C=O) groups is 1. The molecule has 0 radical (unpaired) electrons. The number of nitrogens with two attached hydrogens (primary N) is 2. The topological polar surface area (TPSA) is 107 Å². The van der Waals surface area contributed by atoms with E-state index in [9.17, 15) is 4.79 Å². The van der Waals surface area contributed by atoms with Gasteiger partial charge in [-0.1, -0.05) is 6.07 Å². The molecule has 98 valence electrons. The summed E-state index contributed by atoms with van der Waals surface area (Å²) in [4.78, 5) is 19.3. The number of hydrogen-bond acceptors (Lipinski definition) is 5. The summed E-state index contributed by atoms with van der Waals surface area (Å²) < 4.78 is 0. The van der Waals surface area contributed by atoms with Crippen LogP contribution in [0.1, 0.15) is 15.9 Å². The van der Waals surface area contributed by atoms with Gasteiger partial charge in [-0.25, -0.2) is 4.98 Å². The molecule has 0 atom stereocenters. The predicted molar refractivity (Wildman–Crippen MR) is 73.6 cm³/mol. The first-order valence-corrected chi connectivity index (χ1v) is 5.85. The minimum atomic E-state index is -0.560. The van der Waals surface area contributed by atoms with Crippen LogP contribution >= 0.6 is 0 Å². The fourth-order valence-corrected chi connectivity index (χ4v) is 1.66. The van der Waals surface area contributed by atoms with E-state index in [2.05, 4.69) is 15.3 Å². The summed E-state index contributed by atoms with van der Waals surface area (Å²) in [6.07, 6.45) is 5.78. The quantitative estimate of drug-likeness (QED) is 0.734. The van der Waals surface area contributed by atoms with Gasteiger partial charge in [0.05, 0.1) is 17.4 Å². The largest absolute Gasteiger partial charge is 0.397 e. The second-order valence-corrected chi connectivity index (χ2v) is 4.06. The Labute approximate surface area is 110 Å². The first kappa shape index (κ1) is 12.8. The summed E-state index contributed by atoms with van der Waals surface area (Å²) in [5.41, 5.74) is 12.5. The van der Waals surface area contributed by atoms with Gasteiger partial charge >= 0.3 is 0 Å². The van der Waals surface area contributed by atoms with Gasteiger partial charge in [0, 0.05) is 18.9 Å². The number of rotatable bonds is 5. The Balaban J connectivity index is 1.97. The first-order chi connectivity index (χ1) is 9.16. The minimum absolute atomic E-state index is 0.277. The molecule has 0 saturated heterocycles. The van der Waals surface area contributed by atoms with Gasteiger partial charge in [-0.3, -0.25) is 9.78 Å². The van der Waals surface area contributed by atoms with E-state index in [0.717, 1.165) is 12.0 Å². The molecule has 2 aromatic rings. The van der Waals surface area contributed by atoms with Gasteiger partial charge in [0.1, 0.15) is 5.82 Å². The molecule has 0 aliphatic heterocycles. The number of primary amides is 1. The summed E-state index contributed by atoms with van der Waals surface area (Å²) in [6.45, 7) is 0.681. The van der Waals surface area contributed by atoms with Gasteiger partial charge in [0.2, 0.25) is 0 Å². The van der Waals surface area contributed by atoms with Crippen LogP contribution in [0.15, 0.2) is 36.8 Å². The van der Waals surface area contributed by atoms with Gasteiger partial charge in [0.25, 0.3) is 5.91 Å². The molecule has 5 N–H and O–H groups in total. The van der Waals surface area contributed by atoms with Crippen molar-refractivity contribution in [3.63, 3.8) is 0 Å². The lowest BCUT2D eigenvalue weighted by molar-refractivity contribution is 0.100. The van der Waals surface area contributed by atoms with E-state index in [1.54, 1.807) is 12.3 Å². The van der Waals surface area contributed by atoms with Gasteiger partial charge in [-0.05, 0) is 24.1 Å². The molecular formula is C13H15N5O. The van der Waals surface area contributed by atoms with Gasteiger partial charge in [0.15, 0.2) is 0 Å². The summed E-state index contributed by atoms with van der Waals surface area (Å²) in [5.74, 6) is 0.0158. The average molecular weight is 257 g/mol. The molecule has 6 nitrogen and oxygen atoms in total. The van der Waals surface area contributed by atoms with Gasteiger partial charge < -0.3 is 16.8 Å². The Morgan fingerprint density at radius 2 is 2.21 bits per heavy atom. The summed E-state index contributed by atoms with van der Waals surface area (Å²) in [5, 5.41) is 3.11. The van der Waals surface area contributed by atoms with Crippen LogP contribution in [0.2, 0.25) is 0 Å². The molecule has 19 heavy (non-hydrogen) atoms. The Hall–Kier alpha value is -2.63. The molecule has 2 heterocycles. The normalized spacial score (nSPS) is 10.1. The third-order valence-electron chi connectivity index (χ3n) is 2.64. The molecular weight excluding hydrogens is 242 g/mol. The second kappa shape index (κ2) is 5.81. The number of nitrogens with one attached hydrogen (secondary N) is 1. The third-order valence-corrected chi connectivity index (χ3v) is 2.64. The maximum atomic E-state index is 11.1. The molecule has 0 bridgehead atoms. The molecule has 0 fully saturated rings. The van der Waals surface area contributed by atoms with E-state index in [-0.39, 0.29) is 11.3 Å². The van der Waals surface area contributed by atoms with Crippen molar-refractivity contribution < 1.29 is 4.79 Å². The van der Waals surface area contributed by atoms with Crippen molar-refractivity contribution in [1.82, 2.24) is 9.97 Å². The zero-order valence-electron chi connectivity index (χ0n) is 10.3. The van der Waals surface area contributed by atoms with E-state index < -0.39 is 5.91 Å². The molecule has 0 aliphatic carbocycles. The highest BCUT2D eigenvalue weighted by atomic mass is 16.1. The van der Waals surface area contributed by atoms with E-state index in [0.29, 0.717) is 12.4 Å². The monoisotopic (exact) mass is 257 g/mol. The van der Waals surface area contributed by atoms with Crippen LogP contribution in [0.3, 0.4) is 0 Å².